The lowest BCUT2D eigenvalue weighted by Crippen LogP contribution is -2.41. The number of hydrogen-bond acceptors (Lipinski definition) is 3. The molecule has 1 fully saturated rings. The Morgan fingerprint density at radius 2 is 2.00 bits per heavy atom. The van der Waals surface area contributed by atoms with E-state index in [1.807, 2.05) is 12.1 Å². The Labute approximate surface area is 125 Å². The molecule has 0 saturated carbocycles. The number of nitrogens with two attached hydrogens (primary N) is 1. The monoisotopic (exact) mass is 296 g/mol. The van der Waals surface area contributed by atoms with Crippen LogP contribution in [-0.2, 0) is 0 Å². The van der Waals surface area contributed by atoms with Crippen LogP contribution in [0, 0.1) is 12.7 Å². The molecule has 1 aliphatic rings. The van der Waals surface area contributed by atoms with Crippen molar-refractivity contribution >= 4 is 11.8 Å². The molecule has 0 aliphatic carbocycles. The Kier molecular flexibility index (Phi) is 5.47. The first-order valence-electron chi connectivity index (χ1n) is 7.35. The van der Waals surface area contributed by atoms with Crippen molar-refractivity contribution in [3.05, 3.63) is 35.1 Å². The first-order valence-corrected chi connectivity index (χ1v) is 8.29. The molecule has 112 valence electrons. The maximum atomic E-state index is 13.6. The molecule has 2 rings (SSSR count). The molecule has 20 heavy (non-hydrogen) atoms. The number of hydrogen-bond donors (Lipinski definition) is 1. The van der Waals surface area contributed by atoms with Crippen LogP contribution in [0.1, 0.15) is 37.4 Å². The second kappa shape index (κ2) is 6.92. The summed E-state index contributed by atoms with van der Waals surface area (Å²) in [4.78, 5) is 2.48. The minimum atomic E-state index is -0.158. The van der Waals surface area contributed by atoms with Crippen LogP contribution in [0.15, 0.2) is 18.2 Å². The van der Waals surface area contributed by atoms with Gasteiger partial charge < -0.3 is 10.6 Å². The molecular weight excluding hydrogens is 271 g/mol. The van der Waals surface area contributed by atoms with Crippen molar-refractivity contribution in [3.8, 4) is 0 Å². The van der Waals surface area contributed by atoms with Crippen LogP contribution < -0.4 is 5.73 Å². The van der Waals surface area contributed by atoms with Crippen LogP contribution in [0.25, 0.3) is 0 Å². The molecule has 2 nitrogen and oxygen atoms in total. The van der Waals surface area contributed by atoms with Crippen molar-refractivity contribution in [2.24, 2.45) is 5.73 Å². The largest absolute Gasteiger partial charge is 0.324 e. The van der Waals surface area contributed by atoms with Crippen molar-refractivity contribution in [2.45, 2.75) is 43.7 Å². The standard InChI is InChI=1S/C16H25FN2S/c1-11-4-5-14(8-15(11)17)16(18)6-7-19-9-12(2)20-13(3)10-19/h4-5,8,12-13,16H,6-7,9-10,18H2,1-3H3. The average Bonchev–Trinajstić information content (AvgIpc) is 2.38. The van der Waals surface area contributed by atoms with Crippen molar-refractivity contribution in [1.29, 1.82) is 0 Å². The van der Waals surface area contributed by atoms with E-state index in [-0.39, 0.29) is 11.9 Å². The highest BCUT2D eigenvalue weighted by atomic mass is 32.2. The van der Waals surface area contributed by atoms with Crippen LogP contribution in [-0.4, -0.2) is 35.0 Å². The fourth-order valence-electron chi connectivity index (χ4n) is 2.80. The van der Waals surface area contributed by atoms with Crippen molar-refractivity contribution < 1.29 is 4.39 Å². The zero-order chi connectivity index (χ0) is 14.7. The minimum absolute atomic E-state index is 0.0784. The molecule has 3 atom stereocenters. The Balaban J connectivity index is 1.88. The van der Waals surface area contributed by atoms with Gasteiger partial charge in [0.2, 0.25) is 0 Å². The Morgan fingerprint density at radius 1 is 1.35 bits per heavy atom. The van der Waals surface area contributed by atoms with E-state index in [1.54, 1.807) is 13.0 Å². The van der Waals surface area contributed by atoms with Crippen molar-refractivity contribution in [3.63, 3.8) is 0 Å². The smallest absolute Gasteiger partial charge is 0.126 e. The van der Waals surface area contributed by atoms with Gasteiger partial charge in [0.25, 0.3) is 0 Å². The molecule has 4 heteroatoms. The molecule has 3 unspecified atom stereocenters. The minimum Gasteiger partial charge on any atom is -0.324 e. The maximum absolute atomic E-state index is 13.6. The van der Waals surface area contributed by atoms with E-state index < -0.39 is 0 Å². The van der Waals surface area contributed by atoms with Crippen molar-refractivity contribution in [2.75, 3.05) is 19.6 Å². The first kappa shape index (κ1) is 15.8. The Morgan fingerprint density at radius 3 is 2.60 bits per heavy atom. The van der Waals surface area contributed by atoms with Crippen LogP contribution >= 0.6 is 11.8 Å². The van der Waals surface area contributed by atoms with E-state index in [0.29, 0.717) is 16.1 Å². The molecule has 0 bridgehead atoms. The van der Waals surface area contributed by atoms with E-state index in [9.17, 15) is 4.39 Å². The summed E-state index contributed by atoms with van der Waals surface area (Å²) in [5.74, 6) is -0.158. The lowest BCUT2D eigenvalue weighted by molar-refractivity contribution is 0.260. The van der Waals surface area contributed by atoms with Gasteiger partial charge in [0.05, 0.1) is 0 Å². The number of rotatable bonds is 4. The van der Waals surface area contributed by atoms with Gasteiger partial charge >= 0.3 is 0 Å². The normalized spacial score (nSPS) is 25.6. The van der Waals surface area contributed by atoms with E-state index in [0.717, 1.165) is 31.6 Å². The van der Waals surface area contributed by atoms with Crippen LogP contribution in [0.2, 0.25) is 0 Å². The van der Waals surface area contributed by atoms with Gasteiger partial charge in [-0.3, -0.25) is 0 Å². The highest BCUT2D eigenvalue weighted by Crippen LogP contribution is 2.25. The van der Waals surface area contributed by atoms with Gasteiger partial charge in [-0.25, -0.2) is 4.39 Å². The zero-order valence-electron chi connectivity index (χ0n) is 12.6. The fourth-order valence-corrected chi connectivity index (χ4v) is 4.18. The zero-order valence-corrected chi connectivity index (χ0v) is 13.4. The molecule has 0 aromatic heterocycles. The molecule has 0 amide bonds. The fraction of sp³-hybridized carbons (Fsp3) is 0.625. The first-order chi connectivity index (χ1) is 9.45. The van der Waals surface area contributed by atoms with Crippen LogP contribution in [0.4, 0.5) is 4.39 Å². The van der Waals surface area contributed by atoms with Gasteiger partial charge in [-0.05, 0) is 30.5 Å². The third-order valence-electron chi connectivity index (χ3n) is 3.88. The molecule has 2 N–H and O–H groups in total. The Bertz CT molecular complexity index is 442. The van der Waals surface area contributed by atoms with E-state index in [4.69, 9.17) is 5.73 Å². The molecule has 0 spiro atoms. The van der Waals surface area contributed by atoms with Gasteiger partial charge in [-0.2, -0.15) is 11.8 Å². The molecule has 1 aliphatic heterocycles. The Hall–Kier alpha value is -0.580. The number of benzene rings is 1. The van der Waals surface area contributed by atoms with Crippen LogP contribution in [0.5, 0.6) is 0 Å². The third-order valence-corrected chi connectivity index (χ3v) is 5.10. The second-order valence-corrected chi connectivity index (χ2v) is 7.80. The lowest BCUT2D eigenvalue weighted by atomic mass is 10.0. The van der Waals surface area contributed by atoms with Gasteiger partial charge in [0, 0.05) is 36.2 Å². The second-order valence-electron chi connectivity index (χ2n) is 5.92. The van der Waals surface area contributed by atoms with Crippen molar-refractivity contribution in [1.82, 2.24) is 4.90 Å². The number of halogens is 1. The summed E-state index contributed by atoms with van der Waals surface area (Å²) < 4.78 is 13.6. The molecule has 1 saturated heterocycles. The SMILES string of the molecule is Cc1ccc(C(N)CCN2CC(C)SC(C)C2)cc1F. The highest BCUT2D eigenvalue weighted by molar-refractivity contribution is 8.00. The summed E-state index contributed by atoms with van der Waals surface area (Å²) in [7, 11) is 0. The highest BCUT2D eigenvalue weighted by Gasteiger charge is 2.22. The summed E-state index contributed by atoms with van der Waals surface area (Å²) in [5, 5.41) is 1.37. The third kappa shape index (κ3) is 4.21. The molecule has 1 aromatic carbocycles. The van der Waals surface area contributed by atoms with Gasteiger partial charge in [-0.15, -0.1) is 0 Å². The summed E-state index contributed by atoms with van der Waals surface area (Å²) in [6, 6.07) is 5.26. The molecular formula is C16H25FN2S. The summed E-state index contributed by atoms with van der Waals surface area (Å²) in [6.07, 6.45) is 0.882. The van der Waals surface area contributed by atoms with E-state index in [1.165, 1.54) is 0 Å². The topological polar surface area (TPSA) is 29.3 Å². The van der Waals surface area contributed by atoms with Gasteiger partial charge in [-0.1, -0.05) is 26.0 Å². The number of thioether (sulfide) groups is 1. The molecule has 1 aromatic rings. The summed E-state index contributed by atoms with van der Waals surface area (Å²) >= 11 is 2.06. The van der Waals surface area contributed by atoms with Gasteiger partial charge in [0.1, 0.15) is 5.82 Å². The predicted molar refractivity (Wildman–Crippen MR) is 85.6 cm³/mol. The van der Waals surface area contributed by atoms with E-state index in [2.05, 4.69) is 30.5 Å². The lowest BCUT2D eigenvalue weighted by Gasteiger charge is -2.35. The van der Waals surface area contributed by atoms with E-state index >= 15 is 0 Å². The average molecular weight is 296 g/mol. The summed E-state index contributed by atoms with van der Waals surface area (Å²) in [5.41, 5.74) is 7.78. The molecule has 0 radical (unpaired) electrons. The molecule has 1 heterocycles. The predicted octanol–water partition coefficient (Wildman–Crippen LogP) is 3.35. The number of aryl methyl sites for hydroxylation is 1. The van der Waals surface area contributed by atoms with Gasteiger partial charge in [0.15, 0.2) is 0 Å². The van der Waals surface area contributed by atoms with Crippen LogP contribution in [0.3, 0.4) is 0 Å². The quantitative estimate of drug-likeness (QED) is 0.924. The summed E-state index contributed by atoms with van der Waals surface area (Å²) in [6.45, 7) is 9.59. The number of nitrogens with zero attached hydrogens (tertiary/aromatic N) is 1. The maximum Gasteiger partial charge on any atom is 0.126 e.